The average Bonchev–Trinajstić information content (AvgIpc) is 2.29. The van der Waals surface area contributed by atoms with Gasteiger partial charge in [0.05, 0.1) is 6.61 Å². The summed E-state index contributed by atoms with van der Waals surface area (Å²) in [5, 5.41) is 0. The third kappa shape index (κ3) is 3.48. The second-order valence-corrected chi connectivity index (χ2v) is 3.25. The van der Waals surface area contributed by atoms with Crippen molar-refractivity contribution >= 4 is 0 Å². The van der Waals surface area contributed by atoms with E-state index in [4.69, 9.17) is 21.6 Å². The Morgan fingerprint density at radius 2 is 2.12 bits per heavy atom. The first-order valence-electron chi connectivity index (χ1n) is 5.33. The van der Waals surface area contributed by atoms with Gasteiger partial charge < -0.3 is 15.2 Å². The molecule has 1 rings (SSSR count). The molecule has 1 aromatic rings. The number of hydrogen-bond acceptors (Lipinski definition) is 3. The highest BCUT2D eigenvalue weighted by Crippen LogP contribution is 2.28. The summed E-state index contributed by atoms with van der Waals surface area (Å²) < 4.78 is 10.9. The van der Waals surface area contributed by atoms with Crippen LogP contribution in [0.4, 0.5) is 0 Å². The van der Waals surface area contributed by atoms with Crippen LogP contribution in [0.3, 0.4) is 0 Å². The summed E-state index contributed by atoms with van der Waals surface area (Å²) in [6, 6.07) is 5.79. The molecule has 0 aliphatic rings. The molecule has 0 atom stereocenters. The van der Waals surface area contributed by atoms with Crippen LogP contribution in [0.25, 0.3) is 0 Å². The first-order chi connectivity index (χ1) is 7.81. The van der Waals surface area contributed by atoms with Gasteiger partial charge in [0.2, 0.25) is 0 Å². The molecule has 0 radical (unpaired) electrons. The molecule has 86 valence electrons. The lowest BCUT2D eigenvalue weighted by molar-refractivity contribution is 0.299. The smallest absolute Gasteiger partial charge is 0.162 e. The number of terminal acetylenes is 1. The van der Waals surface area contributed by atoms with Crippen LogP contribution in [-0.4, -0.2) is 19.8 Å². The Morgan fingerprint density at radius 3 is 2.75 bits per heavy atom. The molecule has 3 nitrogen and oxygen atoms in total. The zero-order valence-electron chi connectivity index (χ0n) is 9.53. The Balaban J connectivity index is 2.86. The highest BCUT2D eigenvalue weighted by molar-refractivity contribution is 5.43. The van der Waals surface area contributed by atoms with Crippen molar-refractivity contribution < 1.29 is 9.47 Å². The van der Waals surface area contributed by atoms with E-state index in [1.807, 2.05) is 25.1 Å². The number of nitrogens with two attached hydrogens (primary N) is 1. The summed E-state index contributed by atoms with van der Waals surface area (Å²) in [6.45, 7) is 3.39. The van der Waals surface area contributed by atoms with Crippen molar-refractivity contribution in [3.8, 4) is 23.8 Å². The summed E-state index contributed by atoms with van der Waals surface area (Å²) in [7, 11) is 0. The minimum absolute atomic E-state index is 0.246. The van der Waals surface area contributed by atoms with Gasteiger partial charge >= 0.3 is 0 Å². The van der Waals surface area contributed by atoms with Crippen molar-refractivity contribution in [2.75, 3.05) is 19.8 Å². The SMILES string of the molecule is C#CCOc1ccc(CCN)cc1OCC. The number of hydrogen-bond donors (Lipinski definition) is 1. The second-order valence-electron chi connectivity index (χ2n) is 3.25. The van der Waals surface area contributed by atoms with Crippen LogP contribution in [0.2, 0.25) is 0 Å². The molecule has 0 amide bonds. The molecule has 0 fully saturated rings. The summed E-state index contributed by atoms with van der Waals surface area (Å²) in [5.74, 6) is 3.83. The zero-order chi connectivity index (χ0) is 11.8. The fraction of sp³-hybridized carbons (Fsp3) is 0.385. The highest BCUT2D eigenvalue weighted by atomic mass is 16.5. The summed E-state index contributed by atoms with van der Waals surface area (Å²) >= 11 is 0. The molecule has 0 saturated carbocycles. The maximum Gasteiger partial charge on any atom is 0.162 e. The van der Waals surface area contributed by atoms with Gasteiger partial charge in [-0.3, -0.25) is 0 Å². The number of rotatable bonds is 6. The Kier molecular flexibility index (Phi) is 5.24. The standard InChI is InChI=1S/C13H17NO2/c1-3-9-16-12-6-5-11(7-8-14)10-13(12)15-4-2/h1,5-6,10H,4,7-9,14H2,2H3. The quantitative estimate of drug-likeness (QED) is 0.739. The van der Waals surface area contributed by atoms with Crippen molar-refractivity contribution in [2.45, 2.75) is 13.3 Å². The van der Waals surface area contributed by atoms with Gasteiger partial charge in [-0.2, -0.15) is 0 Å². The van der Waals surface area contributed by atoms with Crippen molar-refractivity contribution in [3.63, 3.8) is 0 Å². The Hall–Kier alpha value is -1.66. The van der Waals surface area contributed by atoms with Crippen LogP contribution in [0, 0.1) is 12.3 Å². The molecule has 16 heavy (non-hydrogen) atoms. The van der Waals surface area contributed by atoms with E-state index in [1.54, 1.807) is 0 Å². The summed E-state index contributed by atoms with van der Waals surface area (Å²) in [5.41, 5.74) is 6.64. The van der Waals surface area contributed by atoms with Crippen LogP contribution >= 0.6 is 0 Å². The number of ether oxygens (including phenoxy) is 2. The maximum absolute atomic E-state index is 5.50. The molecule has 0 saturated heterocycles. The minimum atomic E-state index is 0.246. The molecule has 1 aromatic carbocycles. The minimum Gasteiger partial charge on any atom is -0.490 e. The molecular weight excluding hydrogens is 202 g/mol. The second kappa shape index (κ2) is 6.76. The normalized spacial score (nSPS) is 9.56. The maximum atomic E-state index is 5.50. The third-order valence-corrected chi connectivity index (χ3v) is 2.05. The van der Waals surface area contributed by atoms with Crippen LogP contribution in [-0.2, 0) is 6.42 Å². The Labute approximate surface area is 96.6 Å². The topological polar surface area (TPSA) is 44.5 Å². The van der Waals surface area contributed by atoms with Crippen molar-refractivity contribution in [1.29, 1.82) is 0 Å². The number of benzene rings is 1. The molecule has 0 bridgehead atoms. The predicted octanol–water partition coefficient (Wildman–Crippen LogP) is 1.60. The van der Waals surface area contributed by atoms with E-state index in [-0.39, 0.29) is 6.61 Å². The van der Waals surface area contributed by atoms with Crippen molar-refractivity contribution in [1.82, 2.24) is 0 Å². The van der Waals surface area contributed by atoms with Gasteiger partial charge in [-0.1, -0.05) is 12.0 Å². The van der Waals surface area contributed by atoms with Gasteiger partial charge in [0, 0.05) is 0 Å². The lowest BCUT2D eigenvalue weighted by Gasteiger charge is -2.11. The van der Waals surface area contributed by atoms with Gasteiger partial charge in [0.25, 0.3) is 0 Å². The van der Waals surface area contributed by atoms with Gasteiger partial charge in [0.1, 0.15) is 6.61 Å². The lowest BCUT2D eigenvalue weighted by atomic mass is 10.1. The van der Waals surface area contributed by atoms with E-state index in [1.165, 1.54) is 0 Å². The average molecular weight is 219 g/mol. The monoisotopic (exact) mass is 219 g/mol. The summed E-state index contributed by atoms with van der Waals surface area (Å²) in [6.07, 6.45) is 5.97. The zero-order valence-corrected chi connectivity index (χ0v) is 9.53. The van der Waals surface area contributed by atoms with Gasteiger partial charge in [-0.05, 0) is 37.6 Å². The van der Waals surface area contributed by atoms with Crippen LogP contribution < -0.4 is 15.2 Å². The van der Waals surface area contributed by atoms with E-state index in [0.29, 0.717) is 18.9 Å². The first-order valence-corrected chi connectivity index (χ1v) is 5.33. The first kappa shape index (κ1) is 12.4. The molecule has 0 aliphatic heterocycles. The van der Waals surface area contributed by atoms with Crippen molar-refractivity contribution in [3.05, 3.63) is 23.8 Å². The van der Waals surface area contributed by atoms with E-state index >= 15 is 0 Å². The van der Waals surface area contributed by atoms with Gasteiger partial charge in [-0.25, -0.2) is 0 Å². The van der Waals surface area contributed by atoms with Crippen LogP contribution in [0.1, 0.15) is 12.5 Å². The molecular formula is C13H17NO2. The molecule has 0 aromatic heterocycles. The fourth-order valence-electron chi connectivity index (χ4n) is 1.38. The molecule has 0 spiro atoms. The van der Waals surface area contributed by atoms with E-state index in [9.17, 15) is 0 Å². The van der Waals surface area contributed by atoms with Crippen LogP contribution in [0.15, 0.2) is 18.2 Å². The van der Waals surface area contributed by atoms with E-state index in [0.717, 1.165) is 17.7 Å². The van der Waals surface area contributed by atoms with E-state index in [2.05, 4.69) is 5.92 Å². The fourth-order valence-corrected chi connectivity index (χ4v) is 1.38. The van der Waals surface area contributed by atoms with Gasteiger partial charge in [0.15, 0.2) is 11.5 Å². The molecule has 0 heterocycles. The molecule has 3 heteroatoms. The van der Waals surface area contributed by atoms with E-state index < -0.39 is 0 Å². The molecule has 0 unspecified atom stereocenters. The molecule has 2 N–H and O–H groups in total. The van der Waals surface area contributed by atoms with Crippen molar-refractivity contribution in [2.24, 2.45) is 5.73 Å². The Morgan fingerprint density at radius 1 is 1.31 bits per heavy atom. The Bertz CT molecular complexity index is 369. The largest absolute Gasteiger partial charge is 0.490 e. The van der Waals surface area contributed by atoms with Crippen LogP contribution in [0.5, 0.6) is 11.5 Å². The lowest BCUT2D eigenvalue weighted by Crippen LogP contribution is -2.04. The molecule has 0 aliphatic carbocycles. The summed E-state index contributed by atoms with van der Waals surface area (Å²) in [4.78, 5) is 0. The van der Waals surface area contributed by atoms with Gasteiger partial charge in [-0.15, -0.1) is 6.42 Å². The predicted molar refractivity (Wildman–Crippen MR) is 64.7 cm³/mol. The highest BCUT2D eigenvalue weighted by Gasteiger charge is 2.05. The third-order valence-electron chi connectivity index (χ3n) is 2.05.